The van der Waals surface area contributed by atoms with Gasteiger partial charge in [0.05, 0.1) is 5.54 Å². The lowest BCUT2D eigenvalue weighted by atomic mass is 9.33. The van der Waals surface area contributed by atoms with Crippen LogP contribution < -0.4 is 31.1 Å². The van der Waals surface area contributed by atoms with Gasteiger partial charge in [0, 0.05) is 71.1 Å². The lowest BCUT2D eigenvalue weighted by molar-refractivity contribution is 0.195. The number of benzene rings is 8. The van der Waals surface area contributed by atoms with Gasteiger partial charge in [-0.15, -0.1) is 11.3 Å². The molecule has 4 heterocycles. The minimum absolute atomic E-state index is 0.00363. The van der Waals surface area contributed by atoms with Crippen molar-refractivity contribution >= 4 is 100 Å². The molecule has 70 heavy (non-hydrogen) atoms. The van der Waals surface area contributed by atoms with Crippen LogP contribution in [-0.4, -0.2) is 12.3 Å². The van der Waals surface area contributed by atoms with Crippen LogP contribution in [0.25, 0.3) is 31.3 Å². The van der Waals surface area contributed by atoms with Gasteiger partial charge in [-0.05, 0) is 160 Å². The molecule has 0 saturated heterocycles. The molecule has 1 fully saturated rings. The zero-order chi connectivity index (χ0) is 48.1. The predicted molar refractivity (Wildman–Crippen MR) is 304 cm³/mol. The summed E-state index contributed by atoms with van der Waals surface area (Å²) in [6, 6.07) is 63.7. The van der Waals surface area contributed by atoms with Gasteiger partial charge in [0.15, 0.2) is 0 Å². The number of hydrogen-bond acceptors (Lipinski definition) is 4. The molecule has 0 bridgehead atoms. The second-order valence-electron chi connectivity index (χ2n) is 23.4. The number of nitrogens with zero attached hydrogens (tertiary/aromatic N) is 3. The van der Waals surface area contributed by atoms with E-state index in [4.69, 9.17) is 0 Å². The van der Waals surface area contributed by atoms with Crippen molar-refractivity contribution in [3.63, 3.8) is 0 Å². The fourth-order valence-corrected chi connectivity index (χ4v) is 14.3. The number of thiophene rings is 1. The summed E-state index contributed by atoms with van der Waals surface area (Å²) in [6.45, 7) is 21.5. The molecule has 1 saturated carbocycles. The largest absolute Gasteiger partial charge is 0.334 e. The highest BCUT2D eigenvalue weighted by atomic mass is 32.1. The topological polar surface area (TPSA) is 9.72 Å². The first kappa shape index (κ1) is 43.5. The van der Waals surface area contributed by atoms with Crippen LogP contribution in [0.1, 0.15) is 103 Å². The summed E-state index contributed by atoms with van der Waals surface area (Å²) in [5, 5.41) is 2.65. The Kier molecular flexibility index (Phi) is 9.45. The van der Waals surface area contributed by atoms with Crippen molar-refractivity contribution in [2.24, 2.45) is 0 Å². The van der Waals surface area contributed by atoms with Crippen LogP contribution in [0.2, 0.25) is 0 Å². The van der Waals surface area contributed by atoms with Crippen molar-refractivity contribution in [3.05, 3.63) is 186 Å². The van der Waals surface area contributed by atoms with E-state index >= 15 is 0 Å². The average Bonchev–Trinajstić information content (AvgIpc) is 3.82. The Balaban J connectivity index is 1.06. The summed E-state index contributed by atoms with van der Waals surface area (Å²) in [4.78, 5) is 7.98. The van der Waals surface area contributed by atoms with Gasteiger partial charge in [0.25, 0.3) is 6.71 Å². The maximum atomic E-state index is 2.77. The summed E-state index contributed by atoms with van der Waals surface area (Å²) in [5.41, 5.74) is 22.1. The van der Waals surface area contributed by atoms with Crippen molar-refractivity contribution < 1.29 is 0 Å². The molecule has 5 heteroatoms. The Morgan fingerprint density at radius 3 is 1.89 bits per heavy atom. The molecule has 2 atom stereocenters. The standard InChI is InChI=1S/C65H62BN3S/c1-41-35-57-61-58(36-41)68(47-27-29-50-49-19-13-14-20-59(49)70-60(50)40-47)55-32-24-45(63(5,6)7)38-53(55)66(61)52-30-28-48(39-56(52)67(57)46-25-22-44(23-26-46)62(2,3)4)69-54-31-21-43(42-17-11-10-12-18-42)37-51(54)64(8)33-15-16-34-65(64,69)9/h10-14,17-32,35-40H,15-16,33-34H2,1-9H3. The van der Waals surface area contributed by atoms with Gasteiger partial charge in [-0.2, -0.15) is 0 Å². The van der Waals surface area contributed by atoms with E-state index in [2.05, 4.69) is 241 Å². The first-order valence-electron chi connectivity index (χ1n) is 25.7. The van der Waals surface area contributed by atoms with Gasteiger partial charge in [0.1, 0.15) is 0 Å². The van der Waals surface area contributed by atoms with Crippen molar-refractivity contribution in [1.29, 1.82) is 0 Å². The zero-order valence-corrected chi connectivity index (χ0v) is 43.1. The fraction of sp³-hybridized carbons (Fsp3) is 0.262. The molecular weight excluding hydrogens is 866 g/mol. The molecule has 4 aliphatic rings. The van der Waals surface area contributed by atoms with Crippen LogP contribution in [0.15, 0.2) is 164 Å². The highest BCUT2D eigenvalue weighted by Crippen LogP contribution is 2.62. The number of hydrogen-bond donors (Lipinski definition) is 0. The Morgan fingerprint density at radius 2 is 1.13 bits per heavy atom. The first-order chi connectivity index (χ1) is 33.6. The molecule has 3 aliphatic heterocycles. The van der Waals surface area contributed by atoms with E-state index in [1.54, 1.807) is 0 Å². The molecule has 0 spiro atoms. The third-order valence-electron chi connectivity index (χ3n) is 17.1. The summed E-state index contributed by atoms with van der Waals surface area (Å²) in [6.07, 6.45) is 4.81. The molecule has 0 radical (unpaired) electrons. The average molecular weight is 928 g/mol. The van der Waals surface area contributed by atoms with E-state index < -0.39 is 0 Å². The molecule has 0 N–H and O–H groups in total. The van der Waals surface area contributed by atoms with Gasteiger partial charge in [-0.25, -0.2) is 0 Å². The fourth-order valence-electron chi connectivity index (χ4n) is 13.2. The van der Waals surface area contributed by atoms with Gasteiger partial charge in [0.2, 0.25) is 0 Å². The molecule has 8 aromatic carbocycles. The first-order valence-corrected chi connectivity index (χ1v) is 26.5. The van der Waals surface area contributed by atoms with E-state index in [9.17, 15) is 0 Å². The molecule has 3 nitrogen and oxygen atoms in total. The number of aryl methyl sites for hydroxylation is 1. The van der Waals surface area contributed by atoms with Gasteiger partial charge < -0.3 is 14.7 Å². The molecule has 9 aromatic rings. The van der Waals surface area contributed by atoms with Gasteiger partial charge in [-0.1, -0.05) is 152 Å². The van der Waals surface area contributed by atoms with Crippen molar-refractivity contribution in [1.82, 2.24) is 0 Å². The second kappa shape index (κ2) is 15.2. The van der Waals surface area contributed by atoms with E-state index in [-0.39, 0.29) is 28.5 Å². The van der Waals surface area contributed by atoms with Crippen molar-refractivity contribution in [2.45, 2.75) is 110 Å². The van der Waals surface area contributed by atoms with Crippen molar-refractivity contribution in [3.8, 4) is 11.1 Å². The van der Waals surface area contributed by atoms with Crippen molar-refractivity contribution in [2.75, 3.05) is 14.7 Å². The maximum Gasteiger partial charge on any atom is 0.252 e. The molecular formula is C65H62BN3S. The van der Waals surface area contributed by atoms with Crippen LogP contribution in [0.4, 0.5) is 45.5 Å². The summed E-state index contributed by atoms with van der Waals surface area (Å²) >= 11 is 1.90. The molecule has 1 aromatic heterocycles. The summed E-state index contributed by atoms with van der Waals surface area (Å²) < 4.78 is 2.65. The minimum atomic E-state index is -0.0955. The molecule has 346 valence electrons. The van der Waals surface area contributed by atoms with E-state index in [0.29, 0.717) is 0 Å². The lowest BCUT2D eigenvalue weighted by Gasteiger charge is -2.50. The van der Waals surface area contributed by atoms with Gasteiger partial charge in [-0.3, -0.25) is 0 Å². The Bertz CT molecular complexity index is 3590. The zero-order valence-electron chi connectivity index (χ0n) is 42.2. The molecule has 13 rings (SSSR count). The third-order valence-corrected chi connectivity index (χ3v) is 18.3. The smallest absolute Gasteiger partial charge is 0.252 e. The Hall–Kier alpha value is -6.56. The number of rotatable bonds is 4. The van der Waals surface area contributed by atoms with Crippen LogP contribution >= 0.6 is 11.3 Å². The van der Waals surface area contributed by atoms with E-state index in [1.807, 2.05) is 11.3 Å². The third kappa shape index (κ3) is 6.32. The van der Waals surface area contributed by atoms with Crippen LogP contribution in [0.5, 0.6) is 0 Å². The highest BCUT2D eigenvalue weighted by molar-refractivity contribution is 7.25. The SMILES string of the molecule is Cc1cc2c3c(c1)N(c1ccc(C(C)(C)C)cc1)c1cc(N4c5ccc(-c6ccccc6)cc5C5(C)CCCCC45C)ccc1B3c1cc(C(C)(C)C)ccc1N2c1ccc2c(c1)sc1ccccc12. The van der Waals surface area contributed by atoms with E-state index in [0.717, 1.165) is 6.42 Å². The molecule has 0 amide bonds. The highest BCUT2D eigenvalue weighted by Gasteiger charge is 2.58. The summed E-state index contributed by atoms with van der Waals surface area (Å²) in [5.74, 6) is 0. The maximum absolute atomic E-state index is 2.77. The molecule has 1 aliphatic carbocycles. The quantitative estimate of drug-likeness (QED) is 0.163. The monoisotopic (exact) mass is 927 g/mol. The Morgan fingerprint density at radius 1 is 0.486 bits per heavy atom. The normalized spacial score (nSPS) is 19.3. The van der Waals surface area contributed by atoms with Crippen LogP contribution in [0, 0.1) is 6.92 Å². The predicted octanol–water partition coefficient (Wildman–Crippen LogP) is 16.4. The van der Waals surface area contributed by atoms with Crippen LogP contribution in [0.3, 0.4) is 0 Å². The number of anilines is 8. The van der Waals surface area contributed by atoms with Gasteiger partial charge >= 0.3 is 0 Å². The second-order valence-corrected chi connectivity index (χ2v) is 24.5. The van der Waals surface area contributed by atoms with Crippen LogP contribution in [-0.2, 0) is 16.2 Å². The Labute approximate surface area is 419 Å². The van der Waals surface area contributed by atoms with E-state index in [1.165, 1.54) is 135 Å². The minimum Gasteiger partial charge on any atom is -0.334 e. The summed E-state index contributed by atoms with van der Waals surface area (Å²) in [7, 11) is 0. The molecule has 2 unspecified atom stereocenters. The lowest BCUT2D eigenvalue weighted by Crippen LogP contribution is -2.61. The number of fused-ring (bicyclic) bond motifs is 10.